The smallest absolute Gasteiger partial charge is 0.470 e. The summed E-state index contributed by atoms with van der Waals surface area (Å²) in [6.07, 6.45) is -20.9. The van der Waals surface area contributed by atoms with Crippen LogP contribution in [0.25, 0.3) is 0 Å². The molecule has 0 bridgehead atoms. The second-order valence-electron chi connectivity index (χ2n) is 2.70. The number of halogens is 10. The van der Waals surface area contributed by atoms with E-state index in [1.807, 2.05) is 0 Å². The van der Waals surface area contributed by atoms with E-state index in [-0.39, 0.29) is 29.6 Å². The maximum Gasteiger partial charge on any atom is 0.470 e. The van der Waals surface area contributed by atoms with E-state index in [1.165, 1.54) is 0 Å². The van der Waals surface area contributed by atoms with E-state index in [1.54, 1.807) is 0 Å². The molecular formula is C5HF10NNaO2. The molecule has 0 fully saturated rings. The van der Waals surface area contributed by atoms with Crippen LogP contribution in [0.4, 0.5) is 43.9 Å². The Balaban J connectivity index is 0. The molecule has 0 aliphatic rings. The molecule has 3 nitrogen and oxygen atoms in total. The van der Waals surface area contributed by atoms with Crippen molar-refractivity contribution in [3.05, 3.63) is 0 Å². The maximum atomic E-state index is 12.8. The summed E-state index contributed by atoms with van der Waals surface area (Å²) in [7, 11) is 0. The fourth-order valence-electron chi connectivity index (χ4n) is 0.837. The first-order valence-corrected chi connectivity index (χ1v) is 3.49. The van der Waals surface area contributed by atoms with Gasteiger partial charge >= 0.3 is 30.5 Å². The van der Waals surface area contributed by atoms with Gasteiger partial charge in [-0.25, -0.2) is 9.18 Å². The molecule has 19 heavy (non-hydrogen) atoms. The van der Waals surface area contributed by atoms with Crippen LogP contribution in [0.3, 0.4) is 0 Å². The van der Waals surface area contributed by atoms with Crippen LogP contribution >= 0.6 is 0 Å². The molecule has 0 spiro atoms. The van der Waals surface area contributed by atoms with Gasteiger partial charge in [0.05, 0.1) is 0 Å². The molecule has 1 radical (unpaired) electrons. The Kier molecular flexibility index (Phi) is 6.22. The number of carbonyl (C=O) groups is 1. The Hall–Kier alpha value is -0.270. The fraction of sp³-hybridized carbons (Fsp3) is 0.800. The van der Waals surface area contributed by atoms with Crippen molar-refractivity contribution in [2.24, 2.45) is 0 Å². The van der Waals surface area contributed by atoms with Crippen LogP contribution in [-0.2, 0) is 4.79 Å². The monoisotopic (exact) mass is 320 g/mol. The Morgan fingerprint density at radius 3 is 1.11 bits per heavy atom. The van der Waals surface area contributed by atoms with Gasteiger partial charge in [0.1, 0.15) is 0 Å². The largest absolute Gasteiger partial charge is 0.478 e. The van der Waals surface area contributed by atoms with Crippen LogP contribution in [0.5, 0.6) is 0 Å². The number of hydrogen-bond acceptors (Lipinski definition) is 2. The van der Waals surface area contributed by atoms with Gasteiger partial charge in [0.15, 0.2) is 0 Å². The molecule has 109 valence electrons. The van der Waals surface area contributed by atoms with Crippen molar-refractivity contribution >= 4 is 35.5 Å². The number of hydrogen-bond donors (Lipinski definition) is 1. The Bertz CT molecular complexity index is 320. The summed E-state index contributed by atoms with van der Waals surface area (Å²) < 4.78 is 119. The van der Waals surface area contributed by atoms with Crippen LogP contribution < -0.4 is 0 Å². The minimum absolute atomic E-state index is 0. The zero-order valence-electron chi connectivity index (χ0n) is 8.58. The van der Waals surface area contributed by atoms with Gasteiger partial charge in [-0.05, 0) is 0 Å². The first-order valence-electron chi connectivity index (χ1n) is 3.49. The average molecular weight is 320 g/mol. The Labute approximate surface area is 119 Å². The zero-order valence-corrected chi connectivity index (χ0v) is 10.6. The number of nitrogens with zero attached hydrogens (tertiary/aromatic N) is 1. The van der Waals surface area contributed by atoms with Crippen molar-refractivity contribution in [2.75, 3.05) is 0 Å². The Morgan fingerprint density at radius 1 is 0.789 bits per heavy atom. The van der Waals surface area contributed by atoms with Gasteiger partial charge in [-0.15, -0.1) is 0 Å². The quantitative estimate of drug-likeness (QED) is 0.482. The van der Waals surface area contributed by atoms with Crippen molar-refractivity contribution in [1.29, 1.82) is 0 Å². The zero-order chi connectivity index (χ0) is 15.2. The van der Waals surface area contributed by atoms with Crippen LogP contribution in [0.2, 0.25) is 0 Å². The number of aliphatic carboxylic acids is 1. The molecule has 0 aliphatic carbocycles. The molecule has 0 heterocycles. The minimum Gasteiger partial charge on any atom is -0.478 e. The van der Waals surface area contributed by atoms with Crippen LogP contribution in [0, 0.1) is 0 Å². The van der Waals surface area contributed by atoms with Crippen molar-refractivity contribution in [3.63, 3.8) is 0 Å². The molecule has 0 rings (SSSR count). The second-order valence-corrected chi connectivity index (χ2v) is 2.70. The van der Waals surface area contributed by atoms with Gasteiger partial charge in [-0.2, -0.15) is 39.5 Å². The van der Waals surface area contributed by atoms with Crippen LogP contribution in [0.15, 0.2) is 0 Å². The summed E-state index contributed by atoms with van der Waals surface area (Å²) in [6.45, 7) is 0. The van der Waals surface area contributed by atoms with Gasteiger partial charge in [0.2, 0.25) is 0 Å². The topological polar surface area (TPSA) is 40.5 Å². The van der Waals surface area contributed by atoms with Crippen LogP contribution in [0.1, 0.15) is 0 Å². The average Bonchev–Trinajstić information content (AvgIpc) is 1.94. The van der Waals surface area contributed by atoms with E-state index in [2.05, 4.69) is 0 Å². The van der Waals surface area contributed by atoms with E-state index < -0.39 is 35.4 Å². The molecule has 0 amide bonds. The number of carboxylic acid groups (broad SMARTS) is 1. The summed E-state index contributed by atoms with van der Waals surface area (Å²) in [6, 6.07) is 0. The normalized spacial score (nSPS) is 16.8. The summed E-state index contributed by atoms with van der Waals surface area (Å²) in [5, 5.41) is 7.73. The SMILES string of the molecule is O=C(O)C(F)(N(C(F)(F)F)C(F)(F)F)C(F)(F)F.[Na]. The molecule has 1 atom stereocenters. The first kappa shape index (κ1) is 21.0. The minimum atomic E-state index is -6.97. The molecule has 14 heteroatoms. The van der Waals surface area contributed by atoms with Gasteiger partial charge in [-0.1, -0.05) is 4.90 Å². The molecule has 1 N–H and O–H groups in total. The van der Waals surface area contributed by atoms with Gasteiger partial charge < -0.3 is 5.11 Å². The second kappa shape index (κ2) is 5.61. The predicted octanol–water partition coefficient (Wildman–Crippen LogP) is 2.26. The Morgan fingerprint density at radius 2 is 1.05 bits per heavy atom. The van der Waals surface area contributed by atoms with Gasteiger partial charge in [0, 0.05) is 29.6 Å². The van der Waals surface area contributed by atoms with E-state index in [4.69, 9.17) is 5.11 Å². The molecule has 0 aliphatic heterocycles. The molecular weight excluding hydrogens is 319 g/mol. The van der Waals surface area contributed by atoms with Gasteiger partial charge in [-0.3, -0.25) is 0 Å². The number of carboxylic acids is 1. The fourth-order valence-corrected chi connectivity index (χ4v) is 0.837. The van der Waals surface area contributed by atoms with Crippen molar-refractivity contribution in [2.45, 2.75) is 24.6 Å². The molecule has 0 saturated heterocycles. The van der Waals surface area contributed by atoms with E-state index in [9.17, 15) is 48.7 Å². The van der Waals surface area contributed by atoms with Crippen molar-refractivity contribution < 1.29 is 53.8 Å². The summed E-state index contributed by atoms with van der Waals surface area (Å²) in [5.41, 5.74) is 0. The van der Waals surface area contributed by atoms with E-state index in [0.29, 0.717) is 0 Å². The van der Waals surface area contributed by atoms with Crippen molar-refractivity contribution in [3.8, 4) is 0 Å². The van der Waals surface area contributed by atoms with Crippen molar-refractivity contribution in [1.82, 2.24) is 4.90 Å². The van der Waals surface area contributed by atoms with E-state index >= 15 is 0 Å². The summed E-state index contributed by atoms with van der Waals surface area (Å²) in [4.78, 5) is 6.19. The number of rotatable bonds is 2. The third kappa shape index (κ3) is 4.10. The molecule has 0 saturated carbocycles. The maximum absolute atomic E-state index is 12.8. The molecule has 0 aromatic rings. The molecule has 0 aromatic carbocycles. The third-order valence-electron chi connectivity index (χ3n) is 1.47. The number of alkyl halides is 10. The van der Waals surface area contributed by atoms with Gasteiger partial charge in [0.25, 0.3) is 0 Å². The molecule has 1 unspecified atom stereocenters. The summed E-state index contributed by atoms with van der Waals surface area (Å²) in [5.74, 6) is -10.7. The predicted molar refractivity (Wildman–Crippen MR) is 37.2 cm³/mol. The molecule has 0 aromatic heterocycles. The summed E-state index contributed by atoms with van der Waals surface area (Å²) >= 11 is 0. The van der Waals surface area contributed by atoms with E-state index in [0.717, 1.165) is 0 Å². The standard InChI is InChI=1S/C5HF10NO2.Na/c6-2(1(17)18,3(7,8)9)16(4(10,11)12)5(13,14)15;/h(H,17,18);. The first-order chi connectivity index (χ1) is 7.56. The third-order valence-corrected chi connectivity index (χ3v) is 1.47. The van der Waals surface area contributed by atoms with Crippen LogP contribution in [-0.4, -0.2) is 70.1 Å².